The van der Waals surface area contributed by atoms with Crippen molar-refractivity contribution in [2.45, 2.75) is 0 Å². The van der Waals surface area contributed by atoms with Gasteiger partial charge in [0.2, 0.25) is 0 Å². The summed E-state index contributed by atoms with van der Waals surface area (Å²) < 4.78 is 0. The first-order valence-corrected chi connectivity index (χ1v) is 5.60. The first kappa shape index (κ1) is 11.9. The second-order valence-corrected chi connectivity index (χ2v) is 4.08. The van der Waals surface area contributed by atoms with Crippen LogP contribution in [0, 0.1) is 11.3 Å². The molecule has 0 amide bonds. The van der Waals surface area contributed by atoms with Crippen LogP contribution < -0.4 is 10.2 Å². The normalized spacial score (nSPS) is 9.61. The Morgan fingerprint density at radius 2 is 1.94 bits per heavy atom. The molecule has 0 fully saturated rings. The number of para-hydroxylation sites is 2. The van der Waals surface area contributed by atoms with E-state index in [9.17, 15) is 0 Å². The van der Waals surface area contributed by atoms with E-state index in [1.54, 1.807) is 12.3 Å². The van der Waals surface area contributed by atoms with Gasteiger partial charge in [-0.05, 0) is 24.3 Å². The van der Waals surface area contributed by atoms with Crippen LogP contribution in [-0.4, -0.2) is 19.1 Å². The van der Waals surface area contributed by atoms with E-state index in [1.165, 1.54) is 0 Å². The Balaban J connectivity index is 2.26. The smallest absolute Gasteiger partial charge is 0.140 e. The first-order chi connectivity index (χ1) is 8.70. The summed E-state index contributed by atoms with van der Waals surface area (Å²) >= 11 is 0. The van der Waals surface area contributed by atoms with Crippen LogP contribution in [0.25, 0.3) is 0 Å². The van der Waals surface area contributed by atoms with Crippen LogP contribution in [-0.2, 0) is 0 Å². The third kappa shape index (κ3) is 2.58. The van der Waals surface area contributed by atoms with Gasteiger partial charge in [-0.15, -0.1) is 0 Å². The number of rotatable bonds is 3. The number of anilines is 3. The molecule has 0 radical (unpaired) electrons. The van der Waals surface area contributed by atoms with E-state index < -0.39 is 0 Å². The van der Waals surface area contributed by atoms with Gasteiger partial charge in [0.25, 0.3) is 0 Å². The molecule has 0 unspecified atom stereocenters. The van der Waals surface area contributed by atoms with E-state index in [1.807, 2.05) is 55.4 Å². The third-order valence-corrected chi connectivity index (χ3v) is 2.54. The van der Waals surface area contributed by atoms with Gasteiger partial charge in [-0.25, -0.2) is 4.98 Å². The molecule has 90 valence electrons. The van der Waals surface area contributed by atoms with Crippen molar-refractivity contribution in [3.63, 3.8) is 0 Å². The van der Waals surface area contributed by atoms with Crippen molar-refractivity contribution in [3.8, 4) is 6.07 Å². The number of aromatic nitrogens is 1. The van der Waals surface area contributed by atoms with Gasteiger partial charge in [0.05, 0.1) is 23.3 Å². The highest BCUT2D eigenvalue weighted by molar-refractivity contribution is 5.74. The molecule has 0 saturated carbocycles. The van der Waals surface area contributed by atoms with Crippen molar-refractivity contribution in [3.05, 3.63) is 48.3 Å². The highest BCUT2D eigenvalue weighted by atomic mass is 15.1. The predicted molar refractivity (Wildman–Crippen MR) is 73.0 cm³/mol. The van der Waals surface area contributed by atoms with Crippen LogP contribution in [0.4, 0.5) is 17.1 Å². The quantitative estimate of drug-likeness (QED) is 0.893. The standard InChI is InChI=1S/C14H14N4/c1-18(2)14-6-4-3-5-13(14)17-12-8-7-11(9-15)16-10-12/h3-8,10,17H,1-2H3. The van der Waals surface area contributed by atoms with Crippen LogP contribution in [0.1, 0.15) is 5.69 Å². The van der Waals surface area contributed by atoms with Gasteiger partial charge >= 0.3 is 0 Å². The molecule has 2 rings (SSSR count). The summed E-state index contributed by atoms with van der Waals surface area (Å²) in [7, 11) is 4.00. The molecule has 1 aromatic carbocycles. The minimum Gasteiger partial charge on any atom is -0.376 e. The van der Waals surface area contributed by atoms with E-state index >= 15 is 0 Å². The number of hydrogen-bond acceptors (Lipinski definition) is 4. The highest BCUT2D eigenvalue weighted by Gasteiger charge is 2.03. The largest absolute Gasteiger partial charge is 0.376 e. The molecule has 1 N–H and O–H groups in total. The summed E-state index contributed by atoms with van der Waals surface area (Å²) in [5.74, 6) is 0. The molecular formula is C14H14N4. The highest BCUT2D eigenvalue weighted by Crippen LogP contribution is 2.26. The van der Waals surface area contributed by atoms with Crippen LogP contribution in [0.2, 0.25) is 0 Å². The summed E-state index contributed by atoms with van der Waals surface area (Å²) in [6.45, 7) is 0. The molecule has 1 aromatic heterocycles. The fourth-order valence-corrected chi connectivity index (χ4v) is 1.66. The molecule has 0 atom stereocenters. The third-order valence-electron chi connectivity index (χ3n) is 2.54. The molecule has 0 bridgehead atoms. The number of benzene rings is 1. The Hall–Kier alpha value is -2.54. The van der Waals surface area contributed by atoms with Gasteiger partial charge in [0.15, 0.2) is 0 Å². The van der Waals surface area contributed by atoms with E-state index in [2.05, 4.69) is 10.3 Å². The summed E-state index contributed by atoms with van der Waals surface area (Å²) in [6.07, 6.45) is 1.66. The Labute approximate surface area is 107 Å². The van der Waals surface area contributed by atoms with E-state index in [0.29, 0.717) is 5.69 Å². The molecule has 4 nitrogen and oxygen atoms in total. The van der Waals surface area contributed by atoms with Gasteiger partial charge in [-0.3, -0.25) is 0 Å². The van der Waals surface area contributed by atoms with Crippen molar-refractivity contribution in [2.24, 2.45) is 0 Å². The second-order valence-electron chi connectivity index (χ2n) is 4.08. The monoisotopic (exact) mass is 238 g/mol. The van der Waals surface area contributed by atoms with Crippen molar-refractivity contribution in [2.75, 3.05) is 24.3 Å². The fraction of sp³-hybridized carbons (Fsp3) is 0.143. The lowest BCUT2D eigenvalue weighted by Crippen LogP contribution is -2.10. The average molecular weight is 238 g/mol. The maximum absolute atomic E-state index is 8.70. The molecule has 0 spiro atoms. The van der Waals surface area contributed by atoms with Crippen LogP contribution in [0.5, 0.6) is 0 Å². The Morgan fingerprint density at radius 1 is 1.17 bits per heavy atom. The van der Waals surface area contributed by atoms with E-state index in [4.69, 9.17) is 5.26 Å². The van der Waals surface area contributed by atoms with Crippen molar-refractivity contribution < 1.29 is 0 Å². The molecule has 4 heteroatoms. The van der Waals surface area contributed by atoms with Gasteiger partial charge in [-0.2, -0.15) is 5.26 Å². The van der Waals surface area contributed by atoms with Crippen LogP contribution in [0.15, 0.2) is 42.6 Å². The van der Waals surface area contributed by atoms with Crippen LogP contribution in [0.3, 0.4) is 0 Å². The number of hydrogen-bond donors (Lipinski definition) is 1. The van der Waals surface area contributed by atoms with Crippen LogP contribution >= 0.6 is 0 Å². The summed E-state index contributed by atoms with van der Waals surface area (Å²) in [4.78, 5) is 6.07. The molecule has 1 heterocycles. The second kappa shape index (κ2) is 5.19. The number of pyridine rings is 1. The van der Waals surface area contributed by atoms with Gasteiger partial charge < -0.3 is 10.2 Å². The molecule has 0 aliphatic heterocycles. The van der Waals surface area contributed by atoms with Crippen molar-refractivity contribution in [1.82, 2.24) is 4.98 Å². The zero-order chi connectivity index (χ0) is 13.0. The van der Waals surface area contributed by atoms with Crippen molar-refractivity contribution >= 4 is 17.1 Å². The number of nitriles is 1. The SMILES string of the molecule is CN(C)c1ccccc1Nc1ccc(C#N)nc1. The maximum Gasteiger partial charge on any atom is 0.140 e. The topological polar surface area (TPSA) is 52.0 Å². The van der Waals surface area contributed by atoms with Gasteiger partial charge in [0, 0.05) is 14.1 Å². The summed E-state index contributed by atoms with van der Waals surface area (Å²) in [6, 6.07) is 13.6. The average Bonchev–Trinajstić information content (AvgIpc) is 2.40. The van der Waals surface area contributed by atoms with Gasteiger partial charge in [-0.1, -0.05) is 12.1 Å². The number of nitrogens with zero attached hydrogens (tertiary/aromatic N) is 3. The maximum atomic E-state index is 8.70. The fourth-order valence-electron chi connectivity index (χ4n) is 1.66. The molecule has 18 heavy (non-hydrogen) atoms. The van der Waals surface area contributed by atoms with E-state index in [0.717, 1.165) is 17.1 Å². The first-order valence-electron chi connectivity index (χ1n) is 5.60. The predicted octanol–water partition coefficient (Wildman–Crippen LogP) is 2.76. The van der Waals surface area contributed by atoms with Gasteiger partial charge in [0.1, 0.15) is 11.8 Å². The summed E-state index contributed by atoms with van der Waals surface area (Å²) in [5, 5.41) is 12.0. The number of nitrogens with one attached hydrogen (secondary N) is 1. The Morgan fingerprint density at radius 3 is 2.56 bits per heavy atom. The summed E-state index contributed by atoms with van der Waals surface area (Å²) in [5.41, 5.74) is 3.39. The molecular weight excluding hydrogens is 224 g/mol. The minimum absolute atomic E-state index is 0.418. The molecule has 0 aliphatic carbocycles. The minimum atomic E-state index is 0.418. The molecule has 0 aliphatic rings. The lowest BCUT2D eigenvalue weighted by atomic mass is 10.2. The molecule has 2 aromatic rings. The van der Waals surface area contributed by atoms with Crippen molar-refractivity contribution in [1.29, 1.82) is 5.26 Å². The lowest BCUT2D eigenvalue weighted by Gasteiger charge is -2.18. The Kier molecular flexibility index (Phi) is 3.44. The molecule has 0 saturated heterocycles. The lowest BCUT2D eigenvalue weighted by molar-refractivity contribution is 1.13. The van der Waals surface area contributed by atoms with E-state index in [-0.39, 0.29) is 0 Å². The zero-order valence-corrected chi connectivity index (χ0v) is 10.4. The Bertz CT molecular complexity index is 567. The zero-order valence-electron chi connectivity index (χ0n) is 10.4.